The summed E-state index contributed by atoms with van der Waals surface area (Å²) in [5, 5.41) is 5.79. The molecule has 0 radical (unpaired) electrons. The van der Waals surface area contributed by atoms with Gasteiger partial charge in [-0.25, -0.2) is 8.78 Å². The number of carbonyl (C=O) groups excluding carboxylic acids is 3. The lowest BCUT2D eigenvalue weighted by molar-refractivity contribution is -0.131. The first-order chi connectivity index (χ1) is 16.8. The molecule has 8 heteroatoms. The first-order valence-electron chi connectivity index (χ1n) is 12.2. The molecule has 2 N–H and O–H groups in total. The fraction of sp³-hybridized carbons (Fsp3) is 0.444. The molecule has 2 aliphatic heterocycles. The van der Waals surface area contributed by atoms with Gasteiger partial charge in [0, 0.05) is 31.6 Å². The molecule has 2 fully saturated rings. The lowest BCUT2D eigenvalue weighted by Gasteiger charge is -2.32. The van der Waals surface area contributed by atoms with E-state index in [9.17, 15) is 23.2 Å². The molecule has 6 nitrogen and oxygen atoms in total. The summed E-state index contributed by atoms with van der Waals surface area (Å²) in [5.41, 5.74) is 2.55. The Balaban J connectivity index is 1.29. The molecule has 184 valence electrons. The molecule has 2 unspecified atom stereocenters. The Morgan fingerprint density at radius 2 is 1.94 bits per heavy atom. The Hall–Kier alpha value is -3.29. The van der Waals surface area contributed by atoms with Crippen LogP contribution in [0.15, 0.2) is 36.4 Å². The van der Waals surface area contributed by atoms with Crippen molar-refractivity contribution in [3.05, 3.63) is 70.3 Å². The van der Waals surface area contributed by atoms with Crippen molar-refractivity contribution in [2.24, 2.45) is 5.41 Å². The van der Waals surface area contributed by atoms with Gasteiger partial charge in [-0.2, -0.15) is 0 Å². The zero-order chi connectivity index (χ0) is 24.7. The van der Waals surface area contributed by atoms with Gasteiger partial charge in [-0.3, -0.25) is 14.4 Å². The molecule has 2 heterocycles. The quantitative estimate of drug-likeness (QED) is 0.707. The van der Waals surface area contributed by atoms with Gasteiger partial charge in [-0.1, -0.05) is 18.2 Å². The molecular weight excluding hydrogens is 452 g/mol. The first kappa shape index (κ1) is 23.5. The molecule has 0 bridgehead atoms. The van der Waals surface area contributed by atoms with E-state index in [-0.39, 0.29) is 41.2 Å². The maximum atomic E-state index is 14.4. The molecule has 1 spiro atoms. The summed E-state index contributed by atoms with van der Waals surface area (Å²) in [6.07, 6.45) is 3.79. The summed E-state index contributed by atoms with van der Waals surface area (Å²) in [6.45, 7) is 0.963. The molecule has 5 rings (SSSR count). The molecule has 2 aromatic rings. The molecule has 0 aromatic heterocycles. The lowest BCUT2D eigenvalue weighted by Crippen LogP contribution is -2.46. The topological polar surface area (TPSA) is 78.5 Å². The van der Waals surface area contributed by atoms with Gasteiger partial charge < -0.3 is 15.5 Å². The van der Waals surface area contributed by atoms with Gasteiger partial charge in [0.2, 0.25) is 11.8 Å². The van der Waals surface area contributed by atoms with Crippen molar-refractivity contribution in [3.63, 3.8) is 0 Å². The molecule has 3 atom stereocenters. The van der Waals surface area contributed by atoms with Gasteiger partial charge in [-0.15, -0.1) is 0 Å². The molecule has 2 saturated heterocycles. The van der Waals surface area contributed by atoms with E-state index >= 15 is 0 Å². The number of nitrogens with zero attached hydrogens (tertiary/aromatic N) is 1. The largest absolute Gasteiger partial charge is 0.356 e. The standard InChI is InChI=1S/C27H29F2N3O3/c1-32-15-19(20-3-2-4-21(28)23(20)29)7-8-22(25(32)34)31-24(33)17-5-6-18-14-27(10-9-16(18)13-17)11-12-30-26(27)35/h2-6,13,19,22H,7-12,14-15H2,1H3,(H,30,35)(H,31,33)/t19-,22?,27?/m1/s1. The SMILES string of the molecule is CN1C[C@H](c2cccc(F)c2F)CCC(NC(=O)c2ccc3c(c2)CCC2(CCNC2=O)C3)C1=O. The molecule has 2 aromatic carbocycles. The van der Waals surface area contributed by atoms with Crippen LogP contribution >= 0.6 is 0 Å². The predicted molar refractivity (Wildman–Crippen MR) is 126 cm³/mol. The number of likely N-dealkylation sites (tertiary alicyclic amines) is 1. The third-order valence-electron chi connectivity index (χ3n) is 7.94. The zero-order valence-electron chi connectivity index (χ0n) is 19.7. The number of carbonyl (C=O) groups is 3. The van der Waals surface area contributed by atoms with Crippen molar-refractivity contribution in [1.82, 2.24) is 15.5 Å². The number of benzene rings is 2. The molecule has 3 aliphatic rings. The summed E-state index contributed by atoms with van der Waals surface area (Å²) in [7, 11) is 1.62. The first-order valence-corrected chi connectivity index (χ1v) is 12.2. The van der Waals surface area contributed by atoms with E-state index in [1.54, 1.807) is 19.2 Å². The lowest BCUT2D eigenvalue weighted by atomic mass is 9.70. The van der Waals surface area contributed by atoms with Crippen molar-refractivity contribution in [1.29, 1.82) is 0 Å². The Kier molecular flexibility index (Phi) is 6.07. The smallest absolute Gasteiger partial charge is 0.251 e. The number of rotatable bonds is 3. The minimum Gasteiger partial charge on any atom is -0.356 e. The average Bonchev–Trinajstić information content (AvgIpc) is 3.13. The maximum absolute atomic E-state index is 14.4. The summed E-state index contributed by atoms with van der Waals surface area (Å²) in [6, 6.07) is 8.88. The van der Waals surface area contributed by atoms with Gasteiger partial charge in [0.15, 0.2) is 11.6 Å². The number of aryl methyl sites for hydroxylation is 1. The second kappa shape index (κ2) is 9.06. The summed E-state index contributed by atoms with van der Waals surface area (Å²) >= 11 is 0. The van der Waals surface area contributed by atoms with Gasteiger partial charge in [0.1, 0.15) is 6.04 Å². The van der Waals surface area contributed by atoms with Crippen LogP contribution in [0.25, 0.3) is 0 Å². The van der Waals surface area contributed by atoms with Crippen molar-refractivity contribution < 1.29 is 23.2 Å². The summed E-state index contributed by atoms with van der Waals surface area (Å²) < 4.78 is 28.1. The molecule has 0 saturated carbocycles. The zero-order valence-corrected chi connectivity index (χ0v) is 19.7. The molecule has 3 amide bonds. The number of likely N-dealkylation sites (N-methyl/N-ethyl adjacent to an activating group) is 1. The molecular formula is C27H29F2N3O3. The van der Waals surface area contributed by atoms with E-state index in [2.05, 4.69) is 10.6 Å². The van der Waals surface area contributed by atoms with Gasteiger partial charge in [-0.05, 0) is 73.4 Å². The Labute approximate surface area is 203 Å². The van der Waals surface area contributed by atoms with E-state index in [4.69, 9.17) is 0 Å². The van der Waals surface area contributed by atoms with Crippen molar-refractivity contribution in [2.45, 2.75) is 50.5 Å². The highest BCUT2D eigenvalue weighted by atomic mass is 19.2. The van der Waals surface area contributed by atoms with Crippen LogP contribution in [-0.4, -0.2) is 48.8 Å². The van der Waals surface area contributed by atoms with E-state index < -0.39 is 17.7 Å². The Bertz CT molecular complexity index is 1200. The van der Waals surface area contributed by atoms with Crippen LogP contribution in [0.5, 0.6) is 0 Å². The van der Waals surface area contributed by atoms with Crippen LogP contribution in [-0.2, 0) is 22.4 Å². The van der Waals surface area contributed by atoms with Crippen molar-refractivity contribution in [3.8, 4) is 0 Å². The van der Waals surface area contributed by atoms with Gasteiger partial charge in [0.05, 0.1) is 5.41 Å². The third kappa shape index (κ3) is 4.30. The van der Waals surface area contributed by atoms with Crippen LogP contribution in [0.1, 0.15) is 58.6 Å². The number of nitrogens with one attached hydrogen (secondary N) is 2. The number of fused-ring (bicyclic) bond motifs is 1. The summed E-state index contributed by atoms with van der Waals surface area (Å²) in [5.74, 6) is -2.61. The van der Waals surface area contributed by atoms with E-state index in [1.165, 1.54) is 11.0 Å². The predicted octanol–water partition coefficient (Wildman–Crippen LogP) is 3.09. The highest BCUT2D eigenvalue weighted by Gasteiger charge is 2.44. The third-order valence-corrected chi connectivity index (χ3v) is 7.94. The Morgan fingerprint density at radius 1 is 1.11 bits per heavy atom. The average molecular weight is 482 g/mol. The number of amides is 3. The minimum absolute atomic E-state index is 0.123. The van der Waals surface area contributed by atoms with Gasteiger partial charge in [0.25, 0.3) is 5.91 Å². The van der Waals surface area contributed by atoms with Crippen LogP contribution in [0.3, 0.4) is 0 Å². The Morgan fingerprint density at radius 3 is 2.71 bits per heavy atom. The normalized spacial score (nSPS) is 26.3. The highest BCUT2D eigenvalue weighted by Crippen LogP contribution is 2.41. The monoisotopic (exact) mass is 481 g/mol. The highest BCUT2D eigenvalue weighted by molar-refractivity contribution is 5.98. The van der Waals surface area contributed by atoms with E-state index in [0.717, 1.165) is 36.5 Å². The number of hydrogen-bond donors (Lipinski definition) is 2. The van der Waals surface area contributed by atoms with Crippen molar-refractivity contribution >= 4 is 17.7 Å². The second-order valence-corrected chi connectivity index (χ2v) is 10.1. The fourth-order valence-corrected chi connectivity index (χ4v) is 5.86. The van der Waals surface area contributed by atoms with Crippen LogP contribution in [0.4, 0.5) is 8.78 Å². The number of halogens is 2. The van der Waals surface area contributed by atoms with Crippen LogP contribution in [0, 0.1) is 17.0 Å². The minimum atomic E-state index is -0.905. The summed E-state index contributed by atoms with van der Waals surface area (Å²) in [4.78, 5) is 39.8. The van der Waals surface area contributed by atoms with Gasteiger partial charge >= 0.3 is 0 Å². The van der Waals surface area contributed by atoms with Crippen molar-refractivity contribution in [2.75, 3.05) is 20.1 Å². The molecule has 35 heavy (non-hydrogen) atoms. The second-order valence-electron chi connectivity index (χ2n) is 10.1. The van der Waals surface area contributed by atoms with E-state index in [0.29, 0.717) is 31.4 Å². The van der Waals surface area contributed by atoms with Crippen LogP contribution in [0.2, 0.25) is 0 Å². The van der Waals surface area contributed by atoms with Crippen LogP contribution < -0.4 is 10.6 Å². The van der Waals surface area contributed by atoms with E-state index in [1.807, 2.05) is 12.1 Å². The molecule has 1 aliphatic carbocycles. The number of hydrogen-bond acceptors (Lipinski definition) is 3. The fourth-order valence-electron chi connectivity index (χ4n) is 5.86. The maximum Gasteiger partial charge on any atom is 0.251 e.